The van der Waals surface area contributed by atoms with Crippen LogP contribution in [0.5, 0.6) is 0 Å². The van der Waals surface area contributed by atoms with Crippen molar-refractivity contribution in [2.24, 2.45) is 7.05 Å². The number of hydrogen-bond donors (Lipinski definition) is 1. The summed E-state index contributed by atoms with van der Waals surface area (Å²) in [6.45, 7) is 0. The Balaban J connectivity index is 1.83. The maximum Gasteiger partial charge on any atom is 0.285 e. The van der Waals surface area contributed by atoms with Crippen molar-refractivity contribution in [1.82, 2.24) is 9.58 Å². The third-order valence-corrected chi connectivity index (χ3v) is 4.37. The van der Waals surface area contributed by atoms with Gasteiger partial charge in [-0.15, -0.1) is 0 Å². The van der Waals surface area contributed by atoms with E-state index in [-0.39, 0.29) is 5.91 Å². The molecule has 106 valence electrons. The minimum atomic E-state index is -0.130. The van der Waals surface area contributed by atoms with Crippen LogP contribution < -0.4 is 5.43 Å². The number of hydrogen-bond acceptors (Lipinski definition) is 4. The van der Waals surface area contributed by atoms with E-state index in [4.69, 9.17) is 12.2 Å². The molecule has 1 aromatic carbocycles. The first-order valence-corrected chi connectivity index (χ1v) is 7.58. The largest absolute Gasteiger partial charge is 0.351 e. The van der Waals surface area contributed by atoms with Crippen molar-refractivity contribution in [3.05, 3.63) is 59.3 Å². The minimum Gasteiger partial charge on any atom is -0.351 e. The SMILES string of the molecule is Cn1cccc1/C=C1/SC(=S)N(Nc2ccccc2)C1=O. The van der Waals surface area contributed by atoms with Crippen molar-refractivity contribution in [3.63, 3.8) is 0 Å². The van der Waals surface area contributed by atoms with Crippen LogP contribution in [0.1, 0.15) is 5.69 Å². The molecule has 0 radical (unpaired) electrons. The fourth-order valence-electron chi connectivity index (χ4n) is 1.96. The monoisotopic (exact) mass is 315 g/mol. The lowest BCUT2D eigenvalue weighted by atomic mass is 10.3. The molecule has 1 aliphatic rings. The van der Waals surface area contributed by atoms with Crippen molar-refractivity contribution >= 4 is 46.0 Å². The molecule has 21 heavy (non-hydrogen) atoms. The summed E-state index contributed by atoms with van der Waals surface area (Å²) < 4.78 is 2.46. The minimum absolute atomic E-state index is 0.130. The van der Waals surface area contributed by atoms with Gasteiger partial charge in [-0.25, -0.2) is 5.01 Å². The molecule has 3 rings (SSSR count). The van der Waals surface area contributed by atoms with Gasteiger partial charge in [-0.3, -0.25) is 10.2 Å². The topological polar surface area (TPSA) is 37.3 Å². The highest BCUT2D eigenvalue weighted by Gasteiger charge is 2.32. The van der Waals surface area contributed by atoms with Gasteiger partial charge in [0, 0.05) is 18.9 Å². The molecule has 0 unspecified atom stereocenters. The Labute approximate surface area is 132 Å². The van der Waals surface area contributed by atoms with Crippen LogP contribution in [0.3, 0.4) is 0 Å². The molecule has 1 saturated heterocycles. The number of para-hydroxylation sites is 1. The van der Waals surface area contributed by atoms with Gasteiger partial charge < -0.3 is 4.57 Å². The van der Waals surface area contributed by atoms with Crippen LogP contribution in [0.2, 0.25) is 0 Å². The van der Waals surface area contributed by atoms with E-state index in [0.29, 0.717) is 9.23 Å². The normalized spacial score (nSPS) is 16.8. The summed E-state index contributed by atoms with van der Waals surface area (Å²) in [5, 5.41) is 1.41. The molecule has 1 fully saturated rings. The van der Waals surface area contributed by atoms with E-state index in [1.807, 2.05) is 66.4 Å². The van der Waals surface area contributed by atoms with Gasteiger partial charge in [0.2, 0.25) is 0 Å². The Morgan fingerprint density at radius 1 is 1.19 bits per heavy atom. The number of amides is 1. The molecule has 0 aliphatic carbocycles. The van der Waals surface area contributed by atoms with E-state index in [9.17, 15) is 4.79 Å². The summed E-state index contributed by atoms with van der Waals surface area (Å²) in [5.41, 5.74) is 4.83. The first kappa shape index (κ1) is 13.9. The molecule has 1 aromatic heterocycles. The zero-order valence-corrected chi connectivity index (χ0v) is 12.9. The first-order chi connectivity index (χ1) is 10.1. The smallest absolute Gasteiger partial charge is 0.285 e. The molecule has 0 spiro atoms. The average molecular weight is 315 g/mol. The molecule has 1 aliphatic heterocycles. The highest BCUT2D eigenvalue weighted by atomic mass is 32.2. The Kier molecular flexibility index (Phi) is 3.81. The highest BCUT2D eigenvalue weighted by molar-refractivity contribution is 8.26. The molecule has 1 amide bonds. The van der Waals surface area contributed by atoms with Crippen LogP contribution >= 0.6 is 24.0 Å². The van der Waals surface area contributed by atoms with Gasteiger partial charge in [-0.05, 0) is 42.6 Å². The summed E-state index contributed by atoms with van der Waals surface area (Å²) >= 11 is 6.58. The number of anilines is 1. The van der Waals surface area contributed by atoms with Crippen LogP contribution in [0.25, 0.3) is 6.08 Å². The lowest BCUT2D eigenvalue weighted by Gasteiger charge is -2.16. The van der Waals surface area contributed by atoms with Gasteiger partial charge in [0.05, 0.1) is 10.6 Å². The third kappa shape index (κ3) is 2.86. The molecule has 6 heteroatoms. The van der Waals surface area contributed by atoms with Crippen LogP contribution in [0.4, 0.5) is 5.69 Å². The Morgan fingerprint density at radius 3 is 2.62 bits per heavy atom. The van der Waals surface area contributed by atoms with Crippen molar-refractivity contribution in [3.8, 4) is 0 Å². The number of aromatic nitrogens is 1. The van der Waals surface area contributed by atoms with Gasteiger partial charge in [-0.2, -0.15) is 0 Å². The van der Waals surface area contributed by atoms with Gasteiger partial charge >= 0.3 is 0 Å². The van der Waals surface area contributed by atoms with Crippen molar-refractivity contribution in [2.45, 2.75) is 0 Å². The second kappa shape index (κ2) is 5.75. The van der Waals surface area contributed by atoms with E-state index in [0.717, 1.165) is 11.4 Å². The van der Waals surface area contributed by atoms with E-state index in [1.165, 1.54) is 16.8 Å². The number of aryl methyl sites for hydroxylation is 1. The van der Waals surface area contributed by atoms with Crippen LogP contribution in [-0.2, 0) is 11.8 Å². The molecule has 0 saturated carbocycles. The average Bonchev–Trinajstić information content (AvgIpc) is 2.99. The lowest BCUT2D eigenvalue weighted by Crippen LogP contribution is -2.33. The Bertz CT molecular complexity index is 722. The van der Waals surface area contributed by atoms with Gasteiger partial charge in [-0.1, -0.05) is 30.0 Å². The maximum absolute atomic E-state index is 12.4. The van der Waals surface area contributed by atoms with Crippen molar-refractivity contribution < 1.29 is 4.79 Å². The highest BCUT2D eigenvalue weighted by Crippen LogP contribution is 2.32. The number of hydrazine groups is 1. The molecular formula is C15H13N3OS2. The van der Waals surface area contributed by atoms with E-state index >= 15 is 0 Å². The molecule has 4 nitrogen and oxygen atoms in total. The number of carbonyl (C=O) groups is 1. The predicted molar refractivity (Wildman–Crippen MR) is 90.5 cm³/mol. The van der Waals surface area contributed by atoms with Crippen LogP contribution in [0.15, 0.2) is 53.6 Å². The molecule has 2 aromatic rings. The summed E-state index contributed by atoms with van der Waals surface area (Å²) in [6, 6.07) is 13.4. The molecule has 1 N–H and O–H groups in total. The summed E-state index contributed by atoms with van der Waals surface area (Å²) in [4.78, 5) is 13.1. The standard InChI is InChI=1S/C15H13N3OS2/c1-17-9-5-8-12(17)10-13-14(19)18(15(20)21-13)16-11-6-3-2-4-7-11/h2-10,16H,1H3/b13-10+. The second-order valence-corrected chi connectivity index (χ2v) is 6.21. The van der Waals surface area contributed by atoms with Gasteiger partial charge in [0.15, 0.2) is 4.32 Å². The van der Waals surface area contributed by atoms with E-state index in [1.54, 1.807) is 0 Å². The number of nitrogens with one attached hydrogen (secondary N) is 1. The number of thioether (sulfide) groups is 1. The fraction of sp³-hybridized carbons (Fsp3) is 0.0667. The lowest BCUT2D eigenvalue weighted by molar-refractivity contribution is -0.121. The molecule has 0 bridgehead atoms. The summed E-state index contributed by atoms with van der Waals surface area (Å²) in [5.74, 6) is -0.130. The molecule has 0 atom stereocenters. The van der Waals surface area contributed by atoms with Crippen LogP contribution in [0, 0.1) is 0 Å². The Morgan fingerprint density at radius 2 is 1.95 bits per heavy atom. The number of benzene rings is 1. The quantitative estimate of drug-likeness (QED) is 0.697. The first-order valence-electron chi connectivity index (χ1n) is 6.36. The van der Waals surface area contributed by atoms with Crippen molar-refractivity contribution in [1.29, 1.82) is 0 Å². The zero-order valence-electron chi connectivity index (χ0n) is 11.3. The third-order valence-electron chi connectivity index (χ3n) is 3.07. The number of carbonyl (C=O) groups excluding carboxylic acids is 1. The number of rotatable bonds is 3. The number of nitrogens with zero attached hydrogens (tertiary/aromatic N) is 2. The van der Waals surface area contributed by atoms with Crippen molar-refractivity contribution in [2.75, 3.05) is 5.43 Å². The van der Waals surface area contributed by atoms with Crippen LogP contribution in [-0.4, -0.2) is 19.8 Å². The Hall–Kier alpha value is -2.05. The number of thiocarbonyl (C=S) groups is 1. The molecular weight excluding hydrogens is 302 g/mol. The summed E-state index contributed by atoms with van der Waals surface area (Å²) in [6.07, 6.45) is 3.79. The maximum atomic E-state index is 12.4. The molecule has 2 heterocycles. The predicted octanol–water partition coefficient (Wildman–Crippen LogP) is 3.25. The second-order valence-electron chi connectivity index (χ2n) is 4.54. The summed E-state index contributed by atoms with van der Waals surface area (Å²) in [7, 11) is 1.94. The van der Waals surface area contributed by atoms with E-state index in [2.05, 4.69) is 5.43 Å². The van der Waals surface area contributed by atoms with E-state index < -0.39 is 0 Å². The zero-order chi connectivity index (χ0) is 14.8. The van der Waals surface area contributed by atoms with Gasteiger partial charge in [0.25, 0.3) is 5.91 Å². The fourth-order valence-corrected chi connectivity index (χ4v) is 3.13. The van der Waals surface area contributed by atoms with Gasteiger partial charge in [0.1, 0.15) is 0 Å².